The van der Waals surface area contributed by atoms with Crippen LogP contribution in [0.5, 0.6) is 0 Å². The third kappa shape index (κ3) is 3.84. The molecule has 0 bridgehead atoms. The van der Waals surface area contributed by atoms with Crippen LogP contribution in [-0.2, 0) is 14.4 Å². The fourth-order valence-corrected chi connectivity index (χ4v) is 2.23. The fourth-order valence-electron chi connectivity index (χ4n) is 2.23. The number of hydrogen-bond acceptors (Lipinski definition) is 4. The fraction of sp³-hybridized carbons (Fsp3) is 0.636. The van der Waals surface area contributed by atoms with E-state index >= 15 is 0 Å². The molecule has 0 radical (unpaired) electrons. The first-order valence-corrected chi connectivity index (χ1v) is 6.14. The van der Waals surface area contributed by atoms with Gasteiger partial charge in [0.25, 0.3) is 0 Å². The van der Waals surface area contributed by atoms with Gasteiger partial charge < -0.3 is 26.8 Å². The van der Waals surface area contributed by atoms with Crippen LogP contribution in [0.15, 0.2) is 0 Å². The zero-order valence-corrected chi connectivity index (χ0v) is 10.9. The first kappa shape index (κ1) is 15.7. The van der Waals surface area contributed by atoms with Crippen LogP contribution in [0.25, 0.3) is 0 Å². The lowest BCUT2D eigenvalue weighted by Crippen LogP contribution is -2.58. The summed E-state index contributed by atoms with van der Waals surface area (Å²) in [4.78, 5) is 45.9. The monoisotopic (exact) mass is 286 g/mol. The quantitative estimate of drug-likeness (QED) is 0.461. The third-order valence-electron chi connectivity index (χ3n) is 3.19. The molecule has 112 valence electrons. The molecule has 0 aromatic heterocycles. The SMILES string of the molecule is NC(=O)CN(CC(N)=O)C(=O)NC1(C(=O)O)CCCC1. The Labute approximate surface area is 115 Å². The highest BCUT2D eigenvalue weighted by atomic mass is 16.4. The average Bonchev–Trinajstić information content (AvgIpc) is 2.76. The molecule has 6 N–H and O–H groups in total. The summed E-state index contributed by atoms with van der Waals surface area (Å²) in [6, 6.07) is -0.841. The van der Waals surface area contributed by atoms with Gasteiger partial charge in [-0.25, -0.2) is 9.59 Å². The Morgan fingerprint density at radius 3 is 1.85 bits per heavy atom. The van der Waals surface area contributed by atoms with Gasteiger partial charge in [0, 0.05) is 0 Å². The minimum atomic E-state index is -1.36. The lowest BCUT2D eigenvalue weighted by atomic mass is 9.98. The van der Waals surface area contributed by atoms with Crippen LogP contribution in [0, 0.1) is 0 Å². The van der Waals surface area contributed by atoms with Crippen molar-refractivity contribution in [2.24, 2.45) is 11.5 Å². The number of carbonyl (C=O) groups is 4. The minimum Gasteiger partial charge on any atom is -0.480 e. The van der Waals surface area contributed by atoms with Crippen molar-refractivity contribution in [3.05, 3.63) is 0 Å². The molecule has 9 nitrogen and oxygen atoms in total. The number of nitrogens with one attached hydrogen (secondary N) is 1. The third-order valence-corrected chi connectivity index (χ3v) is 3.19. The van der Waals surface area contributed by atoms with Gasteiger partial charge in [0.2, 0.25) is 11.8 Å². The van der Waals surface area contributed by atoms with E-state index in [1.165, 1.54) is 0 Å². The van der Waals surface area contributed by atoms with Crippen LogP contribution in [0.4, 0.5) is 4.79 Å². The predicted octanol–water partition coefficient (Wildman–Crippen LogP) is -1.63. The number of nitrogens with zero attached hydrogens (tertiary/aromatic N) is 1. The number of nitrogens with two attached hydrogens (primary N) is 2. The van der Waals surface area contributed by atoms with Gasteiger partial charge in [0.1, 0.15) is 18.6 Å². The van der Waals surface area contributed by atoms with E-state index < -0.39 is 42.4 Å². The van der Waals surface area contributed by atoms with Gasteiger partial charge in [-0.2, -0.15) is 0 Å². The first-order chi connectivity index (χ1) is 9.27. The minimum absolute atomic E-state index is 0.301. The Balaban J connectivity index is 2.80. The van der Waals surface area contributed by atoms with Crippen molar-refractivity contribution in [3.8, 4) is 0 Å². The molecule has 9 heteroatoms. The van der Waals surface area contributed by atoms with E-state index in [2.05, 4.69) is 5.32 Å². The molecule has 0 atom stereocenters. The summed E-state index contributed by atoms with van der Waals surface area (Å²) >= 11 is 0. The summed E-state index contributed by atoms with van der Waals surface area (Å²) in [7, 11) is 0. The van der Waals surface area contributed by atoms with Crippen molar-refractivity contribution in [1.82, 2.24) is 10.2 Å². The maximum Gasteiger partial charge on any atom is 0.329 e. The Hall–Kier alpha value is -2.32. The molecule has 0 heterocycles. The number of carboxylic acids is 1. The summed E-state index contributed by atoms with van der Waals surface area (Å²) in [5.74, 6) is -2.78. The maximum absolute atomic E-state index is 12.0. The molecular formula is C11H18N4O5. The zero-order valence-electron chi connectivity index (χ0n) is 10.9. The average molecular weight is 286 g/mol. The number of rotatable bonds is 6. The van der Waals surface area contributed by atoms with Gasteiger partial charge in [0.05, 0.1) is 0 Å². The van der Waals surface area contributed by atoms with Gasteiger partial charge in [-0.15, -0.1) is 0 Å². The number of amides is 4. The van der Waals surface area contributed by atoms with Crippen LogP contribution in [0.2, 0.25) is 0 Å². The van der Waals surface area contributed by atoms with Crippen LogP contribution in [0.1, 0.15) is 25.7 Å². The molecule has 0 aromatic rings. The molecule has 0 aliphatic heterocycles. The predicted molar refractivity (Wildman–Crippen MR) is 67.3 cm³/mol. The molecule has 0 unspecified atom stereocenters. The number of urea groups is 1. The molecule has 0 spiro atoms. The van der Waals surface area contributed by atoms with Gasteiger partial charge in [-0.3, -0.25) is 9.59 Å². The summed E-state index contributed by atoms with van der Waals surface area (Å²) in [5, 5.41) is 11.6. The summed E-state index contributed by atoms with van der Waals surface area (Å²) in [6.07, 6.45) is 1.96. The summed E-state index contributed by atoms with van der Waals surface area (Å²) < 4.78 is 0. The van der Waals surface area contributed by atoms with Gasteiger partial charge in [-0.05, 0) is 12.8 Å². The van der Waals surface area contributed by atoms with Gasteiger partial charge in [0.15, 0.2) is 0 Å². The van der Waals surface area contributed by atoms with E-state index in [0.29, 0.717) is 25.7 Å². The van der Waals surface area contributed by atoms with Crippen molar-refractivity contribution < 1.29 is 24.3 Å². The lowest BCUT2D eigenvalue weighted by molar-refractivity contribution is -0.144. The second-order valence-corrected chi connectivity index (χ2v) is 4.81. The van der Waals surface area contributed by atoms with Crippen molar-refractivity contribution in [2.45, 2.75) is 31.2 Å². The highest BCUT2D eigenvalue weighted by molar-refractivity contribution is 5.91. The van der Waals surface area contributed by atoms with E-state index in [4.69, 9.17) is 11.5 Å². The largest absolute Gasteiger partial charge is 0.480 e. The van der Waals surface area contributed by atoms with Crippen molar-refractivity contribution in [3.63, 3.8) is 0 Å². The van der Waals surface area contributed by atoms with E-state index in [-0.39, 0.29) is 0 Å². The van der Waals surface area contributed by atoms with Gasteiger partial charge >= 0.3 is 12.0 Å². The first-order valence-electron chi connectivity index (χ1n) is 6.14. The van der Waals surface area contributed by atoms with E-state index in [0.717, 1.165) is 4.90 Å². The number of carboxylic acid groups (broad SMARTS) is 1. The number of carbonyl (C=O) groups excluding carboxylic acids is 3. The Bertz CT molecular complexity index is 415. The van der Waals surface area contributed by atoms with Crippen LogP contribution >= 0.6 is 0 Å². The number of aliphatic carboxylic acids is 1. The maximum atomic E-state index is 12.0. The molecule has 0 saturated heterocycles. The summed E-state index contributed by atoms with van der Waals surface area (Å²) in [6.45, 7) is -1.02. The van der Waals surface area contributed by atoms with Crippen molar-refractivity contribution in [2.75, 3.05) is 13.1 Å². The van der Waals surface area contributed by atoms with E-state index in [1.54, 1.807) is 0 Å². The molecule has 1 fully saturated rings. The van der Waals surface area contributed by atoms with Crippen molar-refractivity contribution in [1.29, 1.82) is 0 Å². The Morgan fingerprint density at radius 2 is 1.50 bits per heavy atom. The van der Waals surface area contributed by atoms with E-state index in [9.17, 15) is 24.3 Å². The van der Waals surface area contributed by atoms with Crippen molar-refractivity contribution >= 4 is 23.8 Å². The lowest BCUT2D eigenvalue weighted by Gasteiger charge is -2.29. The topological polar surface area (TPSA) is 156 Å². The zero-order chi connectivity index (χ0) is 15.3. The standard InChI is InChI=1S/C11H18N4O5/c12-7(16)5-15(6-8(13)17)10(20)14-11(9(18)19)3-1-2-4-11/h1-6H2,(H2,12,16)(H2,13,17)(H,14,20)(H,18,19). The molecular weight excluding hydrogens is 268 g/mol. The molecule has 1 saturated carbocycles. The number of primary amides is 2. The highest BCUT2D eigenvalue weighted by Gasteiger charge is 2.43. The normalized spacial score (nSPS) is 16.4. The Morgan fingerprint density at radius 1 is 1.05 bits per heavy atom. The number of hydrogen-bond donors (Lipinski definition) is 4. The van der Waals surface area contributed by atoms with Crippen LogP contribution in [0.3, 0.4) is 0 Å². The molecule has 0 aromatic carbocycles. The second kappa shape index (κ2) is 6.22. The molecule has 4 amide bonds. The highest BCUT2D eigenvalue weighted by Crippen LogP contribution is 2.30. The van der Waals surface area contributed by atoms with E-state index in [1.807, 2.05) is 0 Å². The second-order valence-electron chi connectivity index (χ2n) is 4.81. The molecule has 1 aliphatic rings. The molecule has 1 aliphatic carbocycles. The van der Waals surface area contributed by atoms with Crippen LogP contribution < -0.4 is 16.8 Å². The van der Waals surface area contributed by atoms with Crippen LogP contribution in [-0.4, -0.2) is 52.4 Å². The smallest absolute Gasteiger partial charge is 0.329 e. The summed E-state index contributed by atoms with van der Waals surface area (Å²) in [5.41, 5.74) is 8.60. The molecule has 20 heavy (non-hydrogen) atoms. The van der Waals surface area contributed by atoms with Gasteiger partial charge in [-0.1, -0.05) is 12.8 Å². The Kier molecular flexibility index (Phi) is 4.89. The molecule has 1 rings (SSSR count).